The van der Waals surface area contributed by atoms with Gasteiger partial charge in [0.2, 0.25) is 0 Å². The molecule has 0 saturated heterocycles. The molecule has 2 aromatic carbocycles. The van der Waals surface area contributed by atoms with E-state index in [1.807, 2.05) is 38.1 Å². The van der Waals surface area contributed by atoms with E-state index in [4.69, 9.17) is 4.74 Å². The smallest absolute Gasteiger partial charge is 0.262 e. The maximum atomic E-state index is 12.3. The fourth-order valence-electron chi connectivity index (χ4n) is 2.73. The number of ether oxygens (including phenoxy) is 1. The highest BCUT2D eigenvalue weighted by atomic mass is 16.5. The lowest BCUT2D eigenvalue weighted by Crippen LogP contribution is -2.32. The summed E-state index contributed by atoms with van der Waals surface area (Å²) in [5.41, 5.74) is 2.18. The summed E-state index contributed by atoms with van der Waals surface area (Å²) in [6, 6.07) is 14.8. The van der Waals surface area contributed by atoms with Gasteiger partial charge < -0.3 is 15.4 Å². The summed E-state index contributed by atoms with van der Waals surface area (Å²) < 4.78 is 5.75. The second-order valence-electron chi connectivity index (χ2n) is 7.05. The lowest BCUT2D eigenvalue weighted by Gasteiger charge is -2.15. The fourth-order valence-corrected chi connectivity index (χ4v) is 2.73. The molecule has 2 atom stereocenters. The van der Waals surface area contributed by atoms with E-state index in [2.05, 4.69) is 24.5 Å². The van der Waals surface area contributed by atoms with Crippen molar-refractivity contribution in [1.29, 1.82) is 0 Å². The van der Waals surface area contributed by atoms with E-state index >= 15 is 0 Å². The molecule has 28 heavy (non-hydrogen) atoms. The van der Waals surface area contributed by atoms with Crippen molar-refractivity contribution in [2.24, 2.45) is 0 Å². The number of hydrogen-bond acceptors (Lipinski definition) is 3. The van der Waals surface area contributed by atoms with E-state index in [9.17, 15) is 9.59 Å². The van der Waals surface area contributed by atoms with Crippen molar-refractivity contribution >= 4 is 17.5 Å². The maximum Gasteiger partial charge on any atom is 0.262 e. The van der Waals surface area contributed by atoms with Crippen LogP contribution in [0.4, 0.5) is 5.69 Å². The molecule has 0 heterocycles. The third kappa shape index (κ3) is 6.12. The van der Waals surface area contributed by atoms with Gasteiger partial charge in [-0.15, -0.1) is 0 Å². The third-order valence-corrected chi connectivity index (χ3v) is 4.82. The Morgan fingerprint density at radius 1 is 1.00 bits per heavy atom. The molecule has 0 aliphatic carbocycles. The van der Waals surface area contributed by atoms with E-state index in [1.54, 1.807) is 24.3 Å². The van der Waals surface area contributed by atoms with Crippen LogP contribution >= 0.6 is 0 Å². The summed E-state index contributed by atoms with van der Waals surface area (Å²) in [5, 5.41) is 5.71. The van der Waals surface area contributed by atoms with Crippen LogP contribution < -0.4 is 15.4 Å². The van der Waals surface area contributed by atoms with Gasteiger partial charge >= 0.3 is 0 Å². The second-order valence-corrected chi connectivity index (χ2v) is 7.05. The number of para-hydroxylation sites is 1. The van der Waals surface area contributed by atoms with Gasteiger partial charge in [-0.1, -0.05) is 45.0 Å². The van der Waals surface area contributed by atoms with Crippen LogP contribution in [0, 0.1) is 0 Å². The minimum absolute atomic E-state index is 0.0866. The molecule has 2 N–H and O–H groups in total. The van der Waals surface area contributed by atoms with Gasteiger partial charge in [-0.2, -0.15) is 0 Å². The Morgan fingerprint density at radius 2 is 1.75 bits per heavy atom. The van der Waals surface area contributed by atoms with Crippen molar-refractivity contribution in [3.8, 4) is 5.75 Å². The zero-order chi connectivity index (χ0) is 20.5. The molecule has 0 aliphatic rings. The Hall–Kier alpha value is -2.82. The number of carbonyl (C=O) groups excluding carboxylic acids is 2. The van der Waals surface area contributed by atoms with Crippen LogP contribution in [0.2, 0.25) is 0 Å². The van der Waals surface area contributed by atoms with Crippen molar-refractivity contribution in [2.75, 3.05) is 11.9 Å². The predicted octanol–water partition coefficient (Wildman–Crippen LogP) is 4.75. The molecule has 0 fully saturated rings. The number of amides is 2. The van der Waals surface area contributed by atoms with Crippen molar-refractivity contribution in [3.63, 3.8) is 0 Å². The zero-order valence-corrected chi connectivity index (χ0v) is 17.1. The highest BCUT2D eigenvalue weighted by Crippen LogP contribution is 2.28. The van der Waals surface area contributed by atoms with E-state index in [0.29, 0.717) is 17.2 Å². The molecule has 0 saturated carbocycles. The normalized spacial score (nSPS) is 12.7. The largest absolute Gasteiger partial charge is 0.483 e. The molecule has 0 bridgehead atoms. The first-order valence-electron chi connectivity index (χ1n) is 9.87. The summed E-state index contributed by atoms with van der Waals surface area (Å²) in [6.07, 6.45) is 1.86. The van der Waals surface area contributed by atoms with Crippen LogP contribution in [0.3, 0.4) is 0 Å². The molecule has 2 aromatic rings. The summed E-state index contributed by atoms with van der Waals surface area (Å²) in [6.45, 7) is 8.15. The number of rotatable bonds is 9. The van der Waals surface area contributed by atoms with Crippen LogP contribution in [0.1, 0.15) is 62.4 Å². The Labute approximate surface area is 167 Å². The topological polar surface area (TPSA) is 67.4 Å². The highest BCUT2D eigenvalue weighted by molar-refractivity contribution is 5.97. The van der Waals surface area contributed by atoms with Gasteiger partial charge in [0, 0.05) is 17.3 Å². The molecule has 5 heteroatoms. The van der Waals surface area contributed by atoms with Crippen LogP contribution in [-0.4, -0.2) is 24.5 Å². The van der Waals surface area contributed by atoms with Gasteiger partial charge in [0.1, 0.15) is 5.75 Å². The van der Waals surface area contributed by atoms with Gasteiger partial charge in [0.25, 0.3) is 11.8 Å². The van der Waals surface area contributed by atoms with E-state index in [1.165, 1.54) is 0 Å². The lowest BCUT2D eigenvalue weighted by atomic mass is 9.98. The lowest BCUT2D eigenvalue weighted by molar-refractivity contribution is -0.118. The first-order valence-corrected chi connectivity index (χ1v) is 9.87. The average Bonchev–Trinajstić information content (AvgIpc) is 2.71. The Morgan fingerprint density at radius 3 is 2.46 bits per heavy atom. The number of anilines is 1. The summed E-state index contributed by atoms with van der Waals surface area (Å²) in [7, 11) is 0. The molecule has 2 rings (SSSR count). The van der Waals surface area contributed by atoms with Crippen LogP contribution in [0.5, 0.6) is 5.75 Å². The zero-order valence-electron chi connectivity index (χ0n) is 17.1. The van der Waals surface area contributed by atoms with Crippen LogP contribution in [0.15, 0.2) is 48.5 Å². The summed E-state index contributed by atoms with van der Waals surface area (Å²) >= 11 is 0. The van der Waals surface area contributed by atoms with E-state index in [0.717, 1.165) is 24.2 Å². The van der Waals surface area contributed by atoms with Gasteiger partial charge in [-0.25, -0.2) is 0 Å². The van der Waals surface area contributed by atoms with Crippen molar-refractivity contribution < 1.29 is 14.3 Å². The first kappa shape index (κ1) is 21.5. The second kappa shape index (κ2) is 10.5. The number of nitrogens with one attached hydrogen (secondary N) is 2. The SMILES string of the molecule is CCC(C)NC(=O)c1cccc(NC(=O)COc2ccccc2C(C)CC)c1. The molecule has 2 unspecified atom stereocenters. The molecular weight excluding hydrogens is 352 g/mol. The quantitative estimate of drug-likeness (QED) is 0.658. The number of carbonyl (C=O) groups is 2. The Bertz CT molecular complexity index is 804. The van der Waals surface area contributed by atoms with E-state index in [-0.39, 0.29) is 24.5 Å². The molecule has 0 radical (unpaired) electrons. The Balaban J connectivity index is 1.97. The van der Waals surface area contributed by atoms with E-state index < -0.39 is 0 Å². The highest BCUT2D eigenvalue weighted by Gasteiger charge is 2.13. The minimum Gasteiger partial charge on any atom is -0.483 e. The summed E-state index contributed by atoms with van der Waals surface area (Å²) in [5.74, 6) is 0.677. The molecule has 5 nitrogen and oxygen atoms in total. The molecular formula is C23H30N2O3. The van der Waals surface area contributed by atoms with Gasteiger partial charge in [0.05, 0.1) is 0 Å². The molecule has 0 aromatic heterocycles. The number of hydrogen-bond donors (Lipinski definition) is 2. The molecule has 0 aliphatic heterocycles. The van der Waals surface area contributed by atoms with Gasteiger partial charge in [0.15, 0.2) is 6.61 Å². The predicted molar refractivity (Wildman–Crippen MR) is 113 cm³/mol. The Kier molecular flexibility index (Phi) is 8.05. The van der Waals surface area contributed by atoms with Crippen molar-refractivity contribution in [2.45, 2.75) is 52.5 Å². The van der Waals surface area contributed by atoms with Crippen molar-refractivity contribution in [1.82, 2.24) is 5.32 Å². The van der Waals surface area contributed by atoms with Crippen LogP contribution in [0.25, 0.3) is 0 Å². The third-order valence-electron chi connectivity index (χ3n) is 4.82. The maximum absolute atomic E-state index is 12.3. The monoisotopic (exact) mass is 382 g/mol. The molecule has 0 spiro atoms. The van der Waals surface area contributed by atoms with Crippen molar-refractivity contribution in [3.05, 3.63) is 59.7 Å². The fraction of sp³-hybridized carbons (Fsp3) is 0.391. The summed E-state index contributed by atoms with van der Waals surface area (Å²) in [4.78, 5) is 24.5. The minimum atomic E-state index is -0.265. The van der Waals surface area contributed by atoms with Gasteiger partial charge in [-0.3, -0.25) is 9.59 Å². The standard InChI is InChI=1S/C23H30N2O3/c1-5-16(3)20-12-7-8-13-21(20)28-15-22(26)25-19-11-9-10-18(14-19)23(27)24-17(4)6-2/h7-14,16-17H,5-6,15H2,1-4H3,(H,24,27)(H,25,26). The molecule has 2 amide bonds. The van der Waals surface area contributed by atoms with Crippen LogP contribution in [-0.2, 0) is 4.79 Å². The average molecular weight is 383 g/mol. The van der Waals surface area contributed by atoms with Gasteiger partial charge in [-0.05, 0) is 55.5 Å². The number of benzene rings is 2. The first-order chi connectivity index (χ1) is 13.4. The molecule has 150 valence electrons.